The molecule has 1 aromatic heterocycles. The van der Waals surface area contributed by atoms with E-state index < -0.39 is 5.60 Å². The molecule has 130 valence electrons. The van der Waals surface area contributed by atoms with E-state index >= 15 is 0 Å². The summed E-state index contributed by atoms with van der Waals surface area (Å²) >= 11 is 0. The Labute approximate surface area is 142 Å². The van der Waals surface area contributed by atoms with Crippen LogP contribution in [0.1, 0.15) is 51.5 Å². The largest absolute Gasteiger partial charge is 0.389 e. The van der Waals surface area contributed by atoms with Gasteiger partial charge < -0.3 is 15.4 Å². The van der Waals surface area contributed by atoms with Crippen LogP contribution >= 0.6 is 0 Å². The molecule has 2 aromatic rings. The summed E-state index contributed by atoms with van der Waals surface area (Å²) in [4.78, 5) is 26.9. The zero-order chi connectivity index (χ0) is 17.6. The van der Waals surface area contributed by atoms with E-state index in [2.05, 4.69) is 10.3 Å². The van der Waals surface area contributed by atoms with Crippen molar-refractivity contribution in [1.29, 1.82) is 0 Å². The number of aromatic nitrogens is 1. The number of amides is 1. The first-order chi connectivity index (χ1) is 11.5. The summed E-state index contributed by atoms with van der Waals surface area (Å²) in [5.74, 6) is -0.152. The maximum absolute atomic E-state index is 12.2. The van der Waals surface area contributed by atoms with E-state index in [0.717, 1.165) is 23.9 Å². The molecular formula is C19H26N2O3. The Morgan fingerprint density at radius 3 is 2.58 bits per heavy atom. The van der Waals surface area contributed by atoms with Crippen molar-refractivity contribution in [3.05, 3.63) is 46.2 Å². The summed E-state index contributed by atoms with van der Waals surface area (Å²) in [6, 6.07) is 6.95. The van der Waals surface area contributed by atoms with Gasteiger partial charge in [-0.1, -0.05) is 32.8 Å². The SMILES string of the molecule is CCCC(O)(CCC)CC(=O)NCc1ccc2c(=O)cc[nH]c2c1. The molecule has 0 bridgehead atoms. The molecule has 5 heteroatoms. The fourth-order valence-corrected chi connectivity index (χ4v) is 3.13. The van der Waals surface area contributed by atoms with Gasteiger partial charge in [-0.15, -0.1) is 0 Å². The van der Waals surface area contributed by atoms with Gasteiger partial charge in [0.25, 0.3) is 0 Å². The minimum Gasteiger partial charge on any atom is -0.389 e. The van der Waals surface area contributed by atoms with Crippen LogP contribution in [-0.4, -0.2) is 21.6 Å². The lowest BCUT2D eigenvalue weighted by Crippen LogP contribution is -2.36. The molecule has 1 heterocycles. The molecular weight excluding hydrogens is 304 g/mol. The maximum Gasteiger partial charge on any atom is 0.223 e. The Kier molecular flexibility index (Phi) is 6.15. The third-order valence-corrected chi connectivity index (χ3v) is 4.23. The zero-order valence-electron chi connectivity index (χ0n) is 14.4. The van der Waals surface area contributed by atoms with Crippen LogP contribution < -0.4 is 10.7 Å². The van der Waals surface area contributed by atoms with Gasteiger partial charge in [-0.05, 0) is 30.5 Å². The third kappa shape index (κ3) is 4.68. The summed E-state index contributed by atoms with van der Waals surface area (Å²) in [6.07, 6.45) is 4.70. The van der Waals surface area contributed by atoms with E-state index in [0.29, 0.717) is 24.8 Å². The van der Waals surface area contributed by atoms with Crippen LogP contribution in [-0.2, 0) is 11.3 Å². The standard InChI is InChI=1S/C19H26N2O3/c1-3-8-19(24,9-4-2)12-18(23)21-13-14-5-6-15-16(11-14)20-10-7-17(15)22/h5-7,10-11,24H,3-4,8-9,12-13H2,1-2H3,(H,20,22)(H,21,23). The van der Waals surface area contributed by atoms with Crippen molar-refractivity contribution in [2.45, 2.75) is 58.1 Å². The minimum absolute atomic E-state index is 0.0245. The normalized spacial score (nSPS) is 11.6. The van der Waals surface area contributed by atoms with Crippen LogP contribution in [0.2, 0.25) is 0 Å². The van der Waals surface area contributed by atoms with E-state index in [9.17, 15) is 14.7 Å². The third-order valence-electron chi connectivity index (χ3n) is 4.23. The quantitative estimate of drug-likeness (QED) is 0.696. The van der Waals surface area contributed by atoms with E-state index in [4.69, 9.17) is 0 Å². The first-order valence-electron chi connectivity index (χ1n) is 8.57. The highest BCUT2D eigenvalue weighted by Crippen LogP contribution is 2.23. The number of aromatic amines is 1. The fraction of sp³-hybridized carbons (Fsp3) is 0.474. The van der Waals surface area contributed by atoms with Gasteiger partial charge in [0.15, 0.2) is 5.43 Å². The van der Waals surface area contributed by atoms with Crippen LogP contribution in [0.4, 0.5) is 0 Å². The molecule has 2 rings (SSSR count). The highest BCUT2D eigenvalue weighted by molar-refractivity contribution is 5.79. The molecule has 24 heavy (non-hydrogen) atoms. The van der Waals surface area contributed by atoms with E-state index in [-0.39, 0.29) is 17.8 Å². The number of pyridine rings is 1. The van der Waals surface area contributed by atoms with Gasteiger partial charge in [0.05, 0.1) is 12.0 Å². The monoisotopic (exact) mass is 330 g/mol. The topological polar surface area (TPSA) is 82.2 Å². The van der Waals surface area contributed by atoms with Crippen LogP contribution in [0, 0.1) is 0 Å². The van der Waals surface area contributed by atoms with Gasteiger partial charge in [-0.3, -0.25) is 9.59 Å². The van der Waals surface area contributed by atoms with E-state index in [1.54, 1.807) is 12.3 Å². The molecule has 0 aliphatic rings. The number of carbonyl (C=O) groups excluding carboxylic acids is 1. The Hall–Kier alpha value is -2.14. The molecule has 5 nitrogen and oxygen atoms in total. The van der Waals surface area contributed by atoms with Gasteiger partial charge >= 0.3 is 0 Å². The van der Waals surface area contributed by atoms with Crippen LogP contribution in [0.3, 0.4) is 0 Å². The molecule has 1 amide bonds. The van der Waals surface area contributed by atoms with E-state index in [1.807, 2.05) is 26.0 Å². The molecule has 3 N–H and O–H groups in total. The van der Waals surface area contributed by atoms with Gasteiger partial charge in [0.1, 0.15) is 0 Å². The molecule has 0 spiro atoms. The number of rotatable bonds is 8. The summed E-state index contributed by atoms with van der Waals surface area (Å²) < 4.78 is 0. The number of hydrogen-bond donors (Lipinski definition) is 3. The van der Waals surface area contributed by atoms with Crippen molar-refractivity contribution in [2.24, 2.45) is 0 Å². The molecule has 0 atom stereocenters. The fourth-order valence-electron chi connectivity index (χ4n) is 3.13. The summed E-state index contributed by atoms with van der Waals surface area (Å²) in [5, 5.41) is 14.0. The number of fused-ring (bicyclic) bond motifs is 1. The maximum atomic E-state index is 12.2. The lowest BCUT2D eigenvalue weighted by atomic mass is 9.89. The minimum atomic E-state index is -0.914. The van der Waals surface area contributed by atoms with Gasteiger partial charge in [-0.2, -0.15) is 0 Å². The Morgan fingerprint density at radius 1 is 1.21 bits per heavy atom. The molecule has 0 aliphatic carbocycles. The Bertz CT molecular complexity index is 746. The predicted octanol–water partition coefficient (Wildman–Crippen LogP) is 2.87. The van der Waals surface area contributed by atoms with Crippen LogP contribution in [0.5, 0.6) is 0 Å². The van der Waals surface area contributed by atoms with Crippen molar-refractivity contribution >= 4 is 16.8 Å². The number of nitrogens with one attached hydrogen (secondary N) is 2. The second kappa shape index (κ2) is 8.11. The predicted molar refractivity (Wildman–Crippen MR) is 95.8 cm³/mol. The van der Waals surface area contributed by atoms with Crippen molar-refractivity contribution in [3.8, 4) is 0 Å². The number of aliphatic hydroxyl groups is 1. The first-order valence-corrected chi connectivity index (χ1v) is 8.57. The molecule has 0 aliphatic heterocycles. The lowest BCUT2D eigenvalue weighted by molar-refractivity contribution is -0.126. The van der Waals surface area contributed by atoms with Gasteiger partial charge in [-0.25, -0.2) is 0 Å². The number of hydrogen-bond acceptors (Lipinski definition) is 3. The summed E-state index contributed by atoms with van der Waals surface area (Å²) in [6.45, 7) is 4.39. The van der Waals surface area contributed by atoms with Crippen molar-refractivity contribution in [2.75, 3.05) is 0 Å². The summed E-state index contributed by atoms with van der Waals surface area (Å²) in [7, 11) is 0. The highest BCUT2D eigenvalue weighted by atomic mass is 16.3. The molecule has 1 aromatic carbocycles. The van der Waals surface area contributed by atoms with Crippen molar-refractivity contribution in [1.82, 2.24) is 10.3 Å². The number of carbonyl (C=O) groups is 1. The average molecular weight is 330 g/mol. The van der Waals surface area contributed by atoms with Gasteiger partial charge in [0.2, 0.25) is 5.91 Å². The number of benzene rings is 1. The molecule has 0 unspecified atom stereocenters. The first kappa shape index (κ1) is 18.2. The molecule has 0 fully saturated rings. The molecule has 0 saturated heterocycles. The van der Waals surface area contributed by atoms with Gasteiger partial charge in [0, 0.05) is 29.7 Å². The molecule has 0 saturated carbocycles. The second-order valence-electron chi connectivity index (χ2n) is 6.40. The smallest absolute Gasteiger partial charge is 0.223 e. The zero-order valence-corrected chi connectivity index (χ0v) is 14.4. The van der Waals surface area contributed by atoms with Crippen molar-refractivity contribution < 1.29 is 9.90 Å². The number of H-pyrrole nitrogens is 1. The second-order valence-corrected chi connectivity index (χ2v) is 6.40. The summed E-state index contributed by atoms with van der Waals surface area (Å²) in [5.41, 5.74) is 0.723. The van der Waals surface area contributed by atoms with Crippen LogP contribution in [0.25, 0.3) is 10.9 Å². The highest BCUT2D eigenvalue weighted by Gasteiger charge is 2.27. The molecule has 0 radical (unpaired) electrons. The Balaban J connectivity index is 1.99. The van der Waals surface area contributed by atoms with Crippen molar-refractivity contribution in [3.63, 3.8) is 0 Å². The Morgan fingerprint density at radius 2 is 1.92 bits per heavy atom. The van der Waals surface area contributed by atoms with Crippen LogP contribution in [0.15, 0.2) is 35.3 Å². The average Bonchev–Trinajstić information content (AvgIpc) is 2.53. The van der Waals surface area contributed by atoms with E-state index in [1.165, 1.54) is 6.07 Å². The lowest BCUT2D eigenvalue weighted by Gasteiger charge is -2.26.